The number of para-hydroxylation sites is 4. The molecule has 0 saturated carbocycles. The van der Waals surface area contributed by atoms with Crippen LogP contribution in [0.4, 0.5) is 0 Å². The van der Waals surface area contributed by atoms with E-state index in [1.807, 2.05) is 6.07 Å². The van der Waals surface area contributed by atoms with Crippen molar-refractivity contribution in [2.75, 3.05) is 7.05 Å². The minimum atomic E-state index is -0.355. The zero-order valence-electron chi connectivity index (χ0n) is 32.0. The molecule has 3 aromatic heterocycles. The Labute approximate surface area is 335 Å². The summed E-state index contributed by atoms with van der Waals surface area (Å²) in [7, 11) is 2.14. The molecule has 0 saturated heterocycles. The molecule has 0 N–H and O–H groups in total. The van der Waals surface area contributed by atoms with E-state index >= 15 is 0 Å². The number of benzene rings is 7. The monoisotopic (exact) mass is 746 g/mol. The summed E-state index contributed by atoms with van der Waals surface area (Å²) in [4.78, 5) is 13.2. The smallest absolute Gasteiger partial charge is 0.214 e. The van der Waals surface area contributed by atoms with Crippen LogP contribution in [0.5, 0.6) is 0 Å². The van der Waals surface area contributed by atoms with Crippen LogP contribution in [0.25, 0.3) is 72.0 Å². The number of aliphatic imine (C=N–C) groups is 2. The summed E-state index contributed by atoms with van der Waals surface area (Å²) in [6.07, 6.45) is 6.35. The third-order valence-electron chi connectivity index (χ3n) is 12.1. The van der Waals surface area contributed by atoms with E-state index in [2.05, 4.69) is 202 Å². The van der Waals surface area contributed by atoms with E-state index in [0.29, 0.717) is 5.84 Å². The van der Waals surface area contributed by atoms with Crippen molar-refractivity contribution in [2.45, 2.75) is 19.0 Å². The first-order chi connectivity index (χ1) is 28.7. The van der Waals surface area contributed by atoms with Gasteiger partial charge in [-0.05, 0) is 72.5 Å². The summed E-state index contributed by atoms with van der Waals surface area (Å²) in [5, 5.41) is 6.10. The maximum Gasteiger partial charge on any atom is 0.214 e. The molecule has 58 heavy (non-hydrogen) atoms. The van der Waals surface area contributed by atoms with Crippen LogP contribution in [0.1, 0.15) is 35.0 Å². The van der Waals surface area contributed by atoms with Gasteiger partial charge in [0.05, 0.1) is 27.6 Å². The van der Waals surface area contributed by atoms with Gasteiger partial charge in [-0.25, -0.2) is 4.99 Å². The largest absolute Gasteiger partial charge is 0.319 e. The number of hydrogen-bond acceptors (Lipinski definition) is 3. The molecule has 0 fully saturated rings. The van der Waals surface area contributed by atoms with Gasteiger partial charge in [0.25, 0.3) is 0 Å². The van der Waals surface area contributed by atoms with Crippen molar-refractivity contribution in [3.63, 3.8) is 0 Å². The van der Waals surface area contributed by atoms with Crippen molar-refractivity contribution in [2.24, 2.45) is 9.98 Å². The van der Waals surface area contributed by atoms with Crippen LogP contribution in [0, 0.1) is 0 Å². The van der Waals surface area contributed by atoms with Gasteiger partial charge in [-0.2, -0.15) is 4.99 Å². The van der Waals surface area contributed by atoms with E-state index in [-0.39, 0.29) is 6.17 Å². The normalized spacial score (nSPS) is 15.5. The van der Waals surface area contributed by atoms with E-state index < -0.39 is 0 Å². The van der Waals surface area contributed by atoms with Gasteiger partial charge in [-0.3, -0.25) is 4.57 Å². The second-order valence-electron chi connectivity index (χ2n) is 15.4. The molecule has 4 heterocycles. The number of aryl methyl sites for hydroxylation is 1. The third kappa shape index (κ3) is 4.78. The Morgan fingerprint density at radius 3 is 1.83 bits per heavy atom. The van der Waals surface area contributed by atoms with Crippen molar-refractivity contribution in [1.82, 2.24) is 18.6 Å². The lowest BCUT2D eigenvalue weighted by Crippen LogP contribution is -2.39. The molecule has 0 radical (unpaired) electrons. The topological polar surface area (TPSA) is 42.8 Å². The number of rotatable bonds is 4. The van der Waals surface area contributed by atoms with Gasteiger partial charge < -0.3 is 14.0 Å². The van der Waals surface area contributed by atoms with E-state index in [4.69, 9.17) is 9.98 Å². The zero-order valence-corrected chi connectivity index (χ0v) is 32.0. The number of amidine groups is 1. The molecular formula is C52H38N6. The molecule has 2 aliphatic rings. The quantitative estimate of drug-likeness (QED) is 0.177. The van der Waals surface area contributed by atoms with Crippen LogP contribution >= 0.6 is 0 Å². The lowest BCUT2D eigenvalue weighted by atomic mass is 10.0. The van der Waals surface area contributed by atoms with Crippen LogP contribution in [0.2, 0.25) is 0 Å². The molecule has 6 heteroatoms. The van der Waals surface area contributed by atoms with Crippen molar-refractivity contribution >= 4 is 72.4 Å². The van der Waals surface area contributed by atoms with Crippen molar-refractivity contribution in [3.05, 3.63) is 198 Å². The fourth-order valence-electron chi connectivity index (χ4n) is 9.59. The second kappa shape index (κ2) is 12.8. The highest BCUT2D eigenvalue weighted by Gasteiger charge is 2.31. The molecular weight excluding hydrogens is 709 g/mol. The summed E-state index contributed by atoms with van der Waals surface area (Å²) < 4.78 is 7.24. The summed E-state index contributed by atoms with van der Waals surface area (Å²) >= 11 is 0. The minimum absolute atomic E-state index is 0.355. The van der Waals surface area contributed by atoms with Gasteiger partial charge in [0.15, 0.2) is 12.0 Å². The Bertz CT molecular complexity index is 3360. The van der Waals surface area contributed by atoms with Gasteiger partial charge in [-0.15, -0.1) is 0 Å². The number of aromatic nitrogens is 3. The second-order valence-corrected chi connectivity index (χ2v) is 15.4. The van der Waals surface area contributed by atoms with Gasteiger partial charge >= 0.3 is 0 Å². The van der Waals surface area contributed by atoms with E-state index in [0.717, 1.165) is 57.9 Å². The lowest BCUT2D eigenvalue weighted by molar-refractivity contribution is 0.372. The number of allylic oxidation sites excluding steroid dienone is 1. The first-order valence-electron chi connectivity index (χ1n) is 20.1. The molecule has 0 bridgehead atoms. The first kappa shape index (κ1) is 32.8. The Morgan fingerprint density at radius 1 is 0.517 bits per heavy atom. The average molecular weight is 747 g/mol. The molecule has 1 unspecified atom stereocenters. The molecule has 1 aliphatic heterocycles. The fourth-order valence-corrected chi connectivity index (χ4v) is 9.59. The van der Waals surface area contributed by atoms with Gasteiger partial charge in [0.2, 0.25) is 5.96 Å². The Balaban J connectivity index is 1.13. The number of nitrogens with zero attached hydrogens (tertiary/aromatic N) is 6. The number of fused-ring (bicyclic) bond motifs is 10. The van der Waals surface area contributed by atoms with Crippen LogP contribution < -0.4 is 0 Å². The molecule has 1 aliphatic carbocycles. The maximum atomic E-state index is 5.52. The standard InChI is InChI=1S/C52H38N6/c1-55-51(35-19-16-22-37(33-35)56-44-27-12-8-23-38(44)39-24-9-13-28-45(39)56)53-50(34-17-4-2-5-18-34)54-52(55)58-47-30-15-11-26-41(47)43-32-31-42-40-25-10-14-29-46(40)57(48(42)49(43)58)36-20-6-3-7-21-36/h2-8,10-23,25-33,51H,9,24H2,1H3. The van der Waals surface area contributed by atoms with Crippen LogP contribution in [0.15, 0.2) is 186 Å². The van der Waals surface area contributed by atoms with Crippen molar-refractivity contribution < 1.29 is 0 Å². The van der Waals surface area contributed by atoms with Crippen LogP contribution in [0.3, 0.4) is 0 Å². The Hall–Kier alpha value is -7.44. The highest BCUT2D eigenvalue weighted by molar-refractivity contribution is 6.26. The molecule has 276 valence electrons. The highest BCUT2D eigenvalue weighted by atomic mass is 15.4. The lowest BCUT2D eigenvalue weighted by Gasteiger charge is -2.33. The molecule has 0 spiro atoms. The van der Waals surface area contributed by atoms with E-state index in [1.165, 1.54) is 49.2 Å². The predicted octanol–water partition coefficient (Wildman–Crippen LogP) is 12.1. The summed E-state index contributed by atoms with van der Waals surface area (Å²) in [6.45, 7) is 0. The fraction of sp³-hybridized carbons (Fsp3) is 0.0769. The molecule has 10 aromatic rings. The Morgan fingerprint density at radius 2 is 1.10 bits per heavy atom. The molecule has 0 amide bonds. The average Bonchev–Trinajstić information content (AvgIpc) is 3.93. The molecule has 7 aromatic carbocycles. The van der Waals surface area contributed by atoms with E-state index in [1.54, 1.807) is 0 Å². The number of hydrogen-bond donors (Lipinski definition) is 0. The third-order valence-corrected chi connectivity index (χ3v) is 12.1. The first-order valence-corrected chi connectivity index (χ1v) is 20.1. The Kier molecular flexibility index (Phi) is 7.23. The predicted molar refractivity (Wildman–Crippen MR) is 241 cm³/mol. The molecule has 6 nitrogen and oxygen atoms in total. The van der Waals surface area contributed by atoms with Gasteiger partial charge in [0.1, 0.15) is 0 Å². The van der Waals surface area contributed by atoms with Crippen molar-refractivity contribution in [3.8, 4) is 11.4 Å². The SMILES string of the molecule is CN1C(n2c3ccccc3c3ccc4c5ccccc5n(-c5ccccc5)c4c32)=NC(c2ccccc2)=NC1c1cccc(-n2c3c(c4ccccc42)CCC=C3)c1. The summed E-state index contributed by atoms with van der Waals surface area (Å²) in [5.74, 6) is 1.53. The van der Waals surface area contributed by atoms with Crippen molar-refractivity contribution in [1.29, 1.82) is 0 Å². The van der Waals surface area contributed by atoms with Crippen LogP contribution in [-0.2, 0) is 6.42 Å². The minimum Gasteiger partial charge on any atom is -0.319 e. The summed E-state index contributed by atoms with van der Waals surface area (Å²) in [6, 6.07) is 61.0. The maximum absolute atomic E-state index is 5.52. The molecule has 12 rings (SSSR count). The van der Waals surface area contributed by atoms with E-state index in [9.17, 15) is 0 Å². The zero-order chi connectivity index (χ0) is 38.3. The van der Waals surface area contributed by atoms with Crippen LogP contribution in [-0.4, -0.2) is 37.4 Å². The summed E-state index contributed by atoms with van der Waals surface area (Å²) in [5.41, 5.74) is 12.8. The van der Waals surface area contributed by atoms with Gasteiger partial charge in [0, 0.05) is 56.6 Å². The molecule has 1 atom stereocenters. The van der Waals surface area contributed by atoms with Gasteiger partial charge in [-0.1, -0.05) is 133 Å². The highest BCUT2D eigenvalue weighted by Crippen LogP contribution is 2.42.